The highest BCUT2D eigenvalue weighted by Gasteiger charge is 2.14. The number of guanidine groups is 1. The summed E-state index contributed by atoms with van der Waals surface area (Å²) in [6, 6.07) is 4.94. The highest BCUT2D eigenvalue weighted by atomic mass is 19.1. The first-order chi connectivity index (χ1) is 11.7. The maximum atomic E-state index is 13.1. The number of halogens is 1. The van der Waals surface area contributed by atoms with E-state index in [0.717, 1.165) is 49.6 Å². The predicted molar refractivity (Wildman–Crippen MR) is 97.0 cm³/mol. The number of aliphatic imine (C=N–C) groups is 1. The molecule has 0 spiro atoms. The van der Waals surface area contributed by atoms with E-state index in [-0.39, 0.29) is 5.82 Å². The largest absolute Gasteiger partial charge is 0.378 e. The van der Waals surface area contributed by atoms with Gasteiger partial charge in [0, 0.05) is 26.7 Å². The molecule has 0 unspecified atom stereocenters. The topological polar surface area (TPSA) is 45.7 Å². The van der Waals surface area contributed by atoms with Crippen molar-refractivity contribution in [1.29, 1.82) is 0 Å². The lowest BCUT2D eigenvalue weighted by Gasteiger charge is -2.14. The van der Waals surface area contributed by atoms with E-state index in [1.165, 1.54) is 31.7 Å². The van der Waals surface area contributed by atoms with Crippen LogP contribution in [0, 0.1) is 12.7 Å². The molecule has 0 heterocycles. The molecule has 1 aromatic rings. The Kier molecular flexibility index (Phi) is 8.02. The van der Waals surface area contributed by atoms with Gasteiger partial charge in [-0.05, 0) is 55.9 Å². The molecule has 4 nitrogen and oxygen atoms in total. The molecule has 0 saturated heterocycles. The predicted octanol–water partition coefficient (Wildman–Crippen LogP) is 3.19. The van der Waals surface area contributed by atoms with Crippen LogP contribution in [0.4, 0.5) is 4.39 Å². The van der Waals surface area contributed by atoms with Crippen LogP contribution in [0.15, 0.2) is 23.2 Å². The van der Waals surface area contributed by atoms with E-state index >= 15 is 0 Å². The van der Waals surface area contributed by atoms with Gasteiger partial charge < -0.3 is 15.4 Å². The average Bonchev–Trinajstić information content (AvgIpc) is 3.08. The first kappa shape index (κ1) is 18.7. The van der Waals surface area contributed by atoms with Crippen LogP contribution in [0.25, 0.3) is 0 Å². The zero-order valence-electron chi connectivity index (χ0n) is 14.9. The second-order valence-electron chi connectivity index (χ2n) is 6.38. The molecule has 0 atom stereocenters. The fourth-order valence-corrected chi connectivity index (χ4v) is 3.06. The molecular weight excluding hydrogens is 305 g/mol. The second kappa shape index (κ2) is 10.3. The third-order valence-corrected chi connectivity index (χ3v) is 4.48. The van der Waals surface area contributed by atoms with Crippen LogP contribution in [-0.2, 0) is 11.2 Å². The number of ether oxygens (including phenoxy) is 1. The van der Waals surface area contributed by atoms with Crippen LogP contribution in [0.2, 0.25) is 0 Å². The summed E-state index contributed by atoms with van der Waals surface area (Å²) in [7, 11) is 1.77. The molecule has 1 aliphatic rings. The summed E-state index contributed by atoms with van der Waals surface area (Å²) in [5.41, 5.74) is 2.15. The number of hydrogen-bond donors (Lipinski definition) is 2. The zero-order valence-corrected chi connectivity index (χ0v) is 14.9. The van der Waals surface area contributed by atoms with Crippen molar-refractivity contribution in [1.82, 2.24) is 10.6 Å². The highest BCUT2D eigenvalue weighted by molar-refractivity contribution is 5.79. The van der Waals surface area contributed by atoms with Crippen LogP contribution in [-0.4, -0.2) is 38.8 Å². The summed E-state index contributed by atoms with van der Waals surface area (Å²) in [6.07, 6.45) is 7.38. The Hall–Kier alpha value is -1.62. The number of hydrogen-bond acceptors (Lipinski definition) is 2. The van der Waals surface area contributed by atoms with Crippen LogP contribution >= 0.6 is 0 Å². The molecule has 0 bridgehead atoms. The minimum Gasteiger partial charge on any atom is -0.378 e. The van der Waals surface area contributed by atoms with Gasteiger partial charge in [-0.1, -0.05) is 18.9 Å². The number of aryl methyl sites for hydroxylation is 1. The van der Waals surface area contributed by atoms with E-state index in [4.69, 9.17) is 4.74 Å². The van der Waals surface area contributed by atoms with E-state index in [0.29, 0.717) is 6.10 Å². The van der Waals surface area contributed by atoms with Crippen molar-refractivity contribution < 1.29 is 9.13 Å². The van der Waals surface area contributed by atoms with Crippen LogP contribution < -0.4 is 10.6 Å². The third-order valence-electron chi connectivity index (χ3n) is 4.48. The van der Waals surface area contributed by atoms with Gasteiger partial charge in [0.15, 0.2) is 5.96 Å². The smallest absolute Gasteiger partial charge is 0.190 e. The Morgan fingerprint density at radius 1 is 1.25 bits per heavy atom. The van der Waals surface area contributed by atoms with Gasteiger partial charge in [-0.15, -0.1) is 0 Å². The van der Waals surface area contributed by atoms with E-state index in [1.54, 1.807) is 13.1 Å². The Bertz CT molecular complexity index is 527. The molecule has 2 rings (SSSR count). The van der Waals surface area contributed by atoms with Gasteiger partial charge >= 0.3 is 0 Å². The van der Waals surface area contributed by atoms with Gasteiger partial charge in [-0.25, -0.2) is 4.39 Å². The quantitative estimate of drug-likeness (QED) is 0.436. The van der Waals surface area contributed by atoms with Crippen molar-refractivity contribution in [3.05, 3.63) is 35.1 Å². The summed E-state index contributed by atoms with van der Waals surface area (Å²) in [5.74, 6) is 0.622. The lowest BCUT2D eigenvalue weighted by atomic mass is 10.1. The van der Waals surface area contributed by atoms with Crippen LogP contribution in [0.5, 0.6) is 0 Å². The number of nitrogens with one attached hydrogen (secondary N) is 2. The maximum Gasteiger partial charge on any atom is 0.190 e. The second-order valence-corrected chi connectivity index (χ2v) is 6.38. The molecule has 1 aliphatic carbocycles. The molecule has 5 heteroatoms. The molecule has 24 heavy (non-hydrogen) atoms. The van der Waals surface area contributed by atoms with Crippen molar-refractivity contribution in [2.45, 2.75) is 51.6 Å². The highest BCUT2D eigenvalue weighted by Crippen LogP contribution is 2.20. The number of rotatable bonds is 8. The first-order valence-corrected chi connectivity index (χ1v) is 9.00. The standard InChI is InChI=1S/C19H30FN3O/c1-15-14-17(20)9-8-16(15)10-12-23-19(21-2)22-11-5-13-24-18-6-3-4-7-18/h8-9,14,18H,3-7,10-13H2,1-2H3,(H2,21,22,23). The third kappa shape index (κ3) is 6.48. The fraction of sp³-hybridized carbons (Fsp3) is 0.632. The zero-order chi connectivity index (χ0) is 17.2. The minimum absolute atomic E-state index is 0.179. The normalized spacial score (nSPS) is 15.7. The number of nitrogens with zero attached hydrogens (tertiary/aromatic N) is 1. The minimum atomic E-state index is -0.179. The average molecular weight is 335 g/mol. The van der Waals surface area contributed by atoms with Crippen LogP contribution in [0.1, 0.15) is 43.2 Å². The molecule has 1 fully saturated rings. The summed E-state index contributed by atoms with van der Waals surface area (Å²) >= 11 is 0. The van der Waals surface area contributed by atoms with Gasteiger partial charge in [-0.2, -0.15) is 0 Å². The molecule has 1 saturated carbocycles. The van der Waals surface area contributed by atoms with Gasteiger partial charge in [0.2, 0.25) is 0 Å². The summed E-state index contributed by atoms with van der Waals surface area (Å²) < 4.78 is 18.9. The van der Waals surface area contributed by atoms with Crippen molar-refractivity contribution in [3.8, 4) is 0 Å². The molecule has 0 amide bonds. The molecule has 2 N–H and O–H groups in total. The van der Waals surface area contributed by atoms with Gasteiger partial charge in [0.05, 0.1) is 6.10 Å². The Morgan fingerprint density at radius 3 is 2.71 bits per heavy atom. The van der Waals surface area contributed by atoms with E-state index in [9.17, 15) is 4.39 Å². The van der Waals surface area contributed by atoms with Crippen molar-refractivity contribution in [2.75, 3.05) is 26.7 Å². The molecule has 0 aromatic heterocycles. The Labute approximate surface area is 144 Å². The SMILES string of the molecule is CN=C(NCCCOC1CCCC1)NCCc1ccc(F)cc1C. The van der Waals surface area contributed by atoms with Crippen molar-refractivity contribution >= 4 is 5.96 Å². The molecule has 0 aliphatic heterocycles. The number of benzene rings is 1. The van der Waals surface area contributed by atoms with E-state index in [1.807, 2.05) is 13.0 Å². The molecular formula is C19H30FN3O. The molecule has 1 aromatic carbocycles. The van der Waals surface area contributed by atoms with Crippen molar-refractivity contribution in [3.63, 3.8) is 0 Å². The van der Waals surface area contributed by atoms with Gasteiger partial charge in [0.25, 0.3) is 0 Å². The lowest BCUT2D eigenvalue weighted by molar-refractivity contribution is 0.0574. The maximum absolute atomic E-state index is 13.1. The van der Waals surface area contributed by atoms with E-state index in [2.05, 4.69) is 15.6 Å². The molecule has 134 valence electrons. The first-order valence-electron chi connectivity index (χ1n) is 9.00. The summed E-state index contributed by atoms with van der Waals surface area (Å²) in [5, 5.41) is 6.60. The monoisotopic (exact) mass is 335 g/mol. The Balaban J connectivity index is 1.58. The van der Waals surface area contributed by atoms with E-state index < -0.39 is 0 Å². The summed E-state index contributed by atoms with van der Waals surface area (Å²) in [6.45, 7) is 4.37. The van der Waals surface area contributed by atoms with Gasteiger partial charge in [0.1, 0.15) is 5.82 Å². The van der Waals surface area contributed by atoms with Gasteiger partial charge in [-0.3, -0.25) is 4.99 Å². The Morgan fingerprint density at radius 2 is 2.00 bits per heavy atom. The fourth-order valence-electron chi connectivity index (χ4n) is 3.06. The van der Waals surface area contributed by atoms with Crippen molar-refractivity contribution in [2.24, 2.45) is 4.99 Å². The van der Waals surface area contributed by atoms with Crippen LogP contribution in [0.3, 0.4) is 0 Å². The summed E-state index contributed by atoms with van der Waals surface area (Å²) in [4.78, 5) is 4.22. The lowest BCUT2D eigenvalue weighted by Crippen LogP contribution is -2.39. The molecule has 0 radical (unpaired) electrons.